The van der Waals surface area contributed by atoms with Gasteiger partial charge in [0.15, 0.2) is 0 Å². The zero-order chi connectivity index (χ0) is 16.7. The van der Waals surface area contributed by atoms with Crippen molar-refractivity contribution in [2.45, 2.75) is 19.4 Å². The lowest BCUT2D eigenvalue weighted by Crippen LogP contribution is -2.36. The van der Waals surface area contributed by atoms with E-state index in [1.165, 1.54) is 18.3 Å². The van der Waals surface area contributed by atoms with Gasteiger partial charge in [0.1, 0.15) is 11.9 Å². The van der Waals surface area contributed by atoms with Gasteiger partial charge in [-0.25, -0.2) is 9.82 Å². The fourth-order valence-electron chi connectivity index (χ4n) is 1.90. The molecule has 0 bridgehead atoms. The van der Waals surface area contributed by atoms with E-state index in [0.717, 1.165) is 10.2 Å². The second-order valence-corrected chi connectivity index (χ2v) is 5.81. The number of nitrogens with one attached hydrogen (secondary N) is 2. The molecule has 2 rings (SSSR count). The number of carbonyl (C=O) groups excluding carboxylic acids is 1. The number of benzene rings is 2. The molecular weight excluding hydrogens is 361 g/mol. The molecule has 0 radical (unpaired) electrons. The Balaban J connectivity index is 1.91. The molecule has 0 aliphatic rings. The van der Waals surface area contributed by atoms with E-state index >= 15 is 0 Å². The Labute approximate surface area is 142 Å². The van der Waals surface area contributed by atoms with Gasteiger partial charge in [-0.3, -0.25) is 4.79 Å². The molecule has 0 aromatic heterocycles. The van der Waals surface area contributed by atoms with Gasteiger partial charge in [0, 0.05) is 10.2 Å². The number of halogens is 2. The summed E-state index contributed by atoms with van der Waals surface area (Å²) in [6, 6.07) is 13.1. The van der Waals surface area contributed by atoms with Gasteiger partial charge in [-0.2, -0.15) is 5.10 Å². The van der Waals surface area contributed by atoms with Gasteiger partial charge in [0.25, 0.3) is 5.91 Å². The van der Waals surface area contributed by atoms with Crippen molar-refractivity contribution in [1.82, 2.24) is 5.43 Å². The summed E-state index contributed by atoms with van der Waals surface area (Å²) in [5.74, 6) is -0.537. The molecule has 2 aromatic carbocycles. The van der Waals surface area contributed by atoms with E-state index in [1.807, 2.05) is 31.2 Å². The Kier molecular flexibility index (Phi) is 6.29. The summed E-state index contributed by atoms with van der Waals surface area (Å²) in [6.07, 6.45) is 2.09. The third kappa shape index (κ3) is 5.49. The van der Waals surface area contributed by atoms with Crippen molar-refractivity contribution < 1.29 is 9.18 Å². The molecule has 0 spiro atoms. The maximum atomic E-state index is 12.8. The number of carbonyl (C=O) groups is 1. The smallest absolute Gasteiger partial charge is 0.262 e. The highest BCUT2D eigenvalue weighted by atomic mass is 79.9. The van der Waals surface area contributed by atoms with Crippen LogP contribution in [0, 0.1) is 5.82 Å². The molecule has 0 aliphatic carbocycles. The predicted octanol–water partition coefficient (Wildman–Crippen LogP) is 3.93. The molecule has 2 aromatic rings. The number of anilines is 1. The van der Waals surface area contributed by atoms with E-state index in [1.54, 1.807) is 12.1 Å². The van der Waals surface area contributed by atoms with Crippen molar-refractivity contribution >= 4 is 33.7 Å². The zero-order valence-electron chi connectivity index (χ0n) is 12.6. The van der Waals surface area contributed by atoms with Crippen molar-refractivity contribution in [1.29, 1.82) is 0 Å². The first-order valence-electron chi connectivity index (χ1n) is 7.19. The highest BCUT2D eigenvalue weighted by molar-refractivity contribution is 9.10. The lowest BCUT2D eigenvalue weighted by Gasteiger charge is -2.16. The van der Waals surface area contributed by atoms with Crippen LogP contribution in [0.3, 0.4) is 0 Å². The van der Waals surface area contributed by atoms with Crippen molar-refractivity contribution in [2.75, 3.05) is 5.32 Å². The third-order valence-electron chi connectivity index (χ3n) is 3.17. The van der Waals surface area contributed by atoms with E-state index in [4.69, 9.17) is 0 Å². The predicted molar refractivity (Wildman–Crippen MR) is 94.0 cm³/mol. The van der Waals surface area contributed by atoms with Gasteiger partial charge < -0.3 is 5.32 Å². The first kappa shape index (κ1) is 17.1. The molecule has 0 unspecified atom stereocenters. The zero-order valence-corrected chi connectivity index (χ0v) is 14.2. The molecule has 0 saturated carbocycles. The first-order chi connectivity index (χ1) is 11.1. The van der Waals surface area contributed by atoms with Gasteiger partial charge in [-0.05, 0) is 48.4 Å². The van der Waals surface area contributed by atoms with Gasteiger partial charge in [0.2, 0.25) is 0 Å². The summed E-state index contributed by atoms with van der Waals surface area (Å²) < 4.78 is 13.8. The fourth-order valence-corrected chi connectivity index (χ4v) is 2.16. The van der Waals surface area contributed by atoms with Crippen LogP contribution in [0.15, 0.2) is 58.1 Å². The highest BCUT2D eigenvalue weighted by Crippen LogP contribution is 2.15. The fraction of sp³-hybridized carbons (Fsp3) is 0.176. The monoisotopic (exact) mass is 377 g/mol. The van der Waals surface area contributed by atoms with Crippen molar-refractivity contribution in [3.05, 3.63) is 64.4 Å². The largest absolute Gasteiger partial charge is 0.374 e. The van der Waals surface area contributed by atoms with E-state index in [2.05, 4.69) is 31.8 Å². The van der Waals surface area contributed by atoms with E-state index < -0.39 is 0 Å². The minimum atomic E-state index is -0.387. The maximum absolute atomic E-state index is 12.8. The number of hydrogen-bond donors (Lipinski definition) is 2. The van der Waals surface area contributed by atoms with Crippen LogP contribution in [0.2, 0.25) is 0 Å². The summed E-state index contributed by atoms with van der Waals surface area (Å²) in [6.45, 7) is 1.92. The quantitative estimate of drug-likeness (QED) is 0.591. The van der Waals surface area contributed by atoms with E-state index in [9.17, 15) is 9.18 Å². The molecule has 1 atom stereocenters. The van der Waals surface area contributed by atoms with Gasteiger partial charge in [-0.1, -0.05) is 35.0 Å². The Morgan fingerprint density at radius 3 is 2.48 bits per heavy atom. The van der Waals surface area contributed by atoms with E-state index in [-0.39, 0.29) is 17.8 Å². The molecule has 23 heavy (non-hydrogen) atoms. The number of amides is 1. The van der Waals surface area contributed by atoms with Gasteiger partial charge >= 0.3 is 0 Å². The van der Waals surface area contributed by atoms with E-state index in [0.29, 0.717) is 12.0 Å². The normalized spacial score (nSPS) is 12.1. The van der Waals surface area contributed by atoms with Crippen LogP contribution >= 0.6 is 15.9 Å². The summed E-state index contributed by atoms with van der Waals surface area (Å²) in [7, 11) is 0. The molecule has 120 valence electrons. The third-order valence-corrected chi connectivity index (χ3v) is 3.70. The molecular formula is C17H17BrFN3O. The molecule has 2 N–H and O–H groups in total. The first-order valence-corrected chi connectivity index (χ1v) is 7.98. The van der Waals surface area contributed by atoms with Gasteiger partial charge in [-0.15, -0.1) is 0 Å². The number of nitrogens with zero attached hydrogens (tertiary/aromatic N) is 1. The molecule has 0 fully saturated rings. The van der Waals surface area contributed by atoms with Crippen LogP contribution in [0.4, 0.5) is 10.1 Å². The van der Waals surface area contributed by atoms with Crippen molar-refractivity contribution in [3.63, 3.8) is 0 Å². The van der Waals surface area contributed by atoms with Crippen LogP contribution in [-0.2, 0) is 4.79 Å². The SMILES string of the molecule is CC[C@@H](Nc1ccc(Br)cc1)C(=O)N/N=C\c1ccc(F)cc1. The minimum absolute atomic E-state index is 0.228. The number of hydrogen-bond acceptors (Lipinski definition) is 3. The summed E-state index contributed by atoms with van der Waals surface area (Å²) >= 11 is 3.37. The maximum Gasteiger partial charge on any atom is 0.262 e. The van der Waals surface area contributed by atoms with Crippen LogP contribution in [0.1, 0.15) is 18.9 Å². The van der Waals surface area contributed by atoms with Crippen molar-refractivity contribution in [3.8, 4) is 0 Å². The minimum Gasteiger partial charge on any atom is -0.374 e. The standard InChI is InChI=1S/C17H17BrFN3O/c1-2-16(21-15-9-5-13(18)6-10-15)17(23)22-20-11-12-3-7-14(19)8-4-12/h3-11,16,21H,2H2,1H3,(H,22,23)/b20-11-/t16-/m1/s1. The second kappa shape index (κ2) is 8.43. The second-order valence-electron chi connectivity index (χ2n) is 4.90. The lowest BCUT2D eigenvalue weighted by atomic mass is 10.2. The average Bonchev–Trinajstić information content (AvgIpc) is 2.56. The Bertz CT molecular complexity index is 671. The number of hydrazone groups is 1. The molecule has 0 saturated heterocycles. The van der Waals surface area contributed by atoms with Crippen LogP contribution in [0.5, 0.6) is 0 Å². The average molecular weight is 378 g/mol. The highest BCUT2D eigenvalue weighted by Gasteiger charge is 2.15. The lowest BCUT2D eigenvalue weighted by molar-refractivity contribution is -0.121. The summed E-state index contributed by atoms with van der Waals surface area (Å²) in [5, 5.41) is 7.06. The Morgan fingerprint density at radius 1 is 1.22 bits per heavy atom. The Morgan fingerprint density at radius 2 is 1.87 bits per heavy atom. The molecule has 1 amide bonds. The molecule has 0 heterocycles. The topological polar surface area (TPSA) is 53.5 Å². The molecule has 6 heteroatoms. The number of rotatable bonds is 6. The molecule has 4 nitrogen and oxygen atoms in total. The summed E-state index contributed by atoms with van der Waals surface area (Å²) in [4.78, 5) is 12.1. The van der Waals surface area contributed by atoms with Crippen LogP contribution in [0.25, 0.3) is 0 Å². The van der Waals surface area contributed by atoms with Crippen molar-refractivity contribution in [2.24, 2.45) is 5.10 Å². The van der Waals surface area contributed by atoms with Crippen LogP contribution < -0.4 is 10.7 Å². The van der Waals surface area contributed by atoms with Gasteiger partial charge in [0.05, 0.1) is 6.21 Å². The summed E-state index contributed by atoms with van der Waals surface area (Å²) in [5.41, 5.74) is 4.06. The van der Waals surface area contributed by atoms with Crippen LogP contribution in [-0.4, -0.2) is 18.2 Å². The Hall–Kier alpha value is -2.21. The molecule has 0 aliphatic heterocycles.